The van der Waals surface area contributed by atoms with Crippen LogP contribution >= 0.6 is 0 Å². The van der Waals surface area contributed by atoms with E-state index in [4.69, 9.17) is 4.52 Å². The van der Waals surface area contributed by atoms with E-state index in [0.717, 1.165) is 22.3 Å². The molecule has 0 bridgehead atoms. The molecule has 0 saturated heterocycles. The van der Waals surface area contributed by atoms with E-state index in [1.807, 2.05) is 48.5 Å². The Morgan fingerprint density at radius 3 is 2.19 bits per heavy atom. The average molecular weight is 486 g/mol. The van der Waals surface area contributed by atoms with Crippen LogP contribution in [-0.2, 0) is 16.8 Å². The van der Waals surface area contributed by atoms with Gasteiger partial charge in [0.05, 0.1) is 5.41 Å². The van der Waals surface area contributed by atoms with Crippen LogP contribution in [-0.4, -0.2) is 22.3 Å². The standard InChI is InChI=1S/C28H24FN3O4/c1-17-24(31-27(35)30-16-21-4-2-3-5-23(21)29)25(36-32-17)20-8-6-18(7-9-20)19-10-12-22(13-11-19)28(14-15-28)26(33)34/h2-13H,14-16H2,1H3,(H,33,34)(H2,30,31,35). The number of hydrogen-bond donors (Lipinski definition) is 3. The molecular formula is C28H24FN3O4. The largest absolute Gasteiger partial charge is 0.481 e. The number of amides is 2. The number of benzene rings is 3. The fourth-order valence-electron chi connectivity index (χ4n) is 4.24. The Morgan fingerprint density at radius 1 is 0.972 bits per heavy atom. The molecule has 2 amide bonds. The Kier molecular flexibility index (Phi) is 6.01. The smallest absolute Gasteiger partial charge is 0.319 e. The number of urea groups is 1. The summed E-state index contributed by atoms with van der Waals surface area (Å²) >= 11 is 0. The summed E-state index contributed by atoms with van der Waals surface area (Å²) in [6.45, 7) is 1.76. The highest BCUT2D eigenvalue weighted by Crippen LogP contribution is 2.48. The number of carbonyl (C=O) groups is 2. The molecule has 1 fully saturated rings. The van der Waals surface area contributed by atoms with E-state index < -0.39 is 17.4 Å². The lowest BCUT2D eigenvalue weighted by atomic mass is 9.93. The second-order valence-corrected chi connectivity index (χ2v) is 8.91. The van der Waals surface area contributed by atoms with Gasteiger partial charge in [-0.3, -0.25) is 4.79 Å². The minimum atomic E-state index is -0.771. The number of carboxylic acids is 1. The molecule has 36 heavy (non-hydrogen) atoms. The molecule has 0 aliphatic heterocycles. The maximum absolute atomic E-state index is 13.8. The Balaban J connectivity index is 1.29. The number of carboxylic acid groups (broad SMARTS) is 1. The van der Waals surface area contributed by atoms with Crippen LogP contribution in [0.5, 0.6) is 0 Å². The van der Waals surface area contributed by atoms with Crippen molar-refractivity contribution < 1.29 is 23.6 Å². The van der Waals surface area contributed by atoms with E-state index in [1.165, 1.54) is 6.07 Å². The molecule has 1 saturated carbocycles. The molecular weight excluding hydrogens is 461 g/mol. The van der Waals surface area contributed by atoms with Crippen LogP contribution in [0.3, 0.4) is 0 Å². The molecule has 1 aliphatic carbocycles. The molecule has 182 valence electrons. The third-order valence-corrected chi connectivity index (χ3v) is 6.58. The second-order valence-electron chi connectivity index (χ2n) is 8.91. The van der Waals surface area contributed by atoms with Crippen LogP contribution in [0, 0.1) is 12.7 Å². The normalized spacial score (nSPS) is 13.7. The van der Waals surface area contributed by atoms with Crippen molar-refractivity contribution in [3.05, 3.63) is 95.4 Å². The third-order valence-electron chi connectivity index (χ3n) is 6.58. The molecule has 0 radical (unpaired) electrons. The van der Waals surface area contributed by atoms with Gasteiger partial charge in [0.15, 0.2) is 5.76 Å². The lowest BCUT2D eigenvalue weighted by Crippen LogP contribution is -2.28. The molecule has 3 aromatic carbocycles. The van der Waals surface area contributed by atoms with Crippen LogP contribution in [0.25, 0.3) is 22.5 Å². The molecule has 0 atom stereocenters. The molecule has 1 aromatic heterocycles. The highest BCUT2D eigenvalue weighted by atomic mass is 19.1. The minimum absolute atomic E-state index is 0.0409. The molecule has 4 aromatic rings. The molecule has 8 heteroatoms. The number of rotatable bonds is 7. The first kappa shape index (κ1) is 23.3. The summed E-state index contributed by atoms with van der Waals surface area (Å²) in [5.41, 5.74) is 4.08. The van der Waals surface area contributed by atoms with Crippen LogP contribution in [0.15, 0.2) is 77.3 Å². The van der Waals surface area contributed by atoms with Crippen molar-refractivity contribution in [1.29, 1.82) is 0 Å². The zero-order valence-corrected chi connectivity index (χ0v) is 19.5. The summed E-state index contributed by atoms with van der Waals surface area (Å²) in [6, 6.07) is 20.9. The van der Waals surface area contributed by atoms with Gasteiger partial charge in [-0.05, 0) is 42.5 Å². The van der Waals surface area contributed by atoms with Gasteiger partial charge in [0.1, 0.15) is 17.2 Å². The summed E-state index contributed by atoms with van der Waals surface area (Å²) in [4.78, 5) is 24.0. The highest BCUT2D eigenvalue weighted by Gasteiger charge is 2.51. The van der Waals surface area contributed by atoms with Crippen molar-refractivity contribution in [2.45, 2.75) is 31.7 Å². The number of aryl methyl sites for hydroxylation is 1. The van der Waals surface area contributed by atoms with Gasteiger partial charge in [0, 0.05) is 17.7 Å². The summed E-state index contributed by atoms with van der Waals surface area (Å²) in [6.07, 6.45) is 1.34. The number of nitrogens with one attached hydrogen (secondary N) is 2. The van der Waals surface area contributed by atoms with Gasteiger partial charge in [-0.1, -0.05) is 71.9 Å². The number of nitrogens with zero attached hydrogens (tertiary/aromatic N) is 1. The molecule has 3 N–H and O–H groups in total. The summed E-state index contributed by atoms with van der Waals surface area (Å²) < 4.78 is 19.3. The van der Waals surface area contributed by atoms with Crippen molar-refractivity contribution in [2.75, 3.05) is 5.32 Å². The lowest BCUT2D eigenvalue weighted by Gasteiger charge is -2.11. The maximum Gasteiger partial charge on any atom is 0.319 e. The van der Waals surface area contributed by atoms with Crippen molar-refractivity contribution in [3.63, 3.8) is 0 Å². The predicted molar refractivity (Wildman–Crippen MR) is 133 cm³/mol. The predicted octanol–water partition coefficient (Wildman–Crippen LogP) is 5.89. The zero-order chi connectivity index (χ0) is 25.3. The third kappa shape index (κ3) is 4.45. The van der Waals surface area contributed by atoms with Gasteiger partial charge >= 0.3 is 12.0 Å². The first-order chi connectivity index (χ1) is 17.4. The Labute approximate surface area is 206 Å². The quantitative estimate of drug-likeness (QED) is 0.303. The van der Waals surface area contributed by atoms with Crippen LogP contribution in [0.1, 0.15) is 29.7 Å². The van der Waals surface area contributed by atoms with Gasteiger partial charge in [-0.25, -0.2) is 9.18 Å². The number of anilines is 1. The SMILES string of the molecule is Cc1noc(-c2ccc(-c3ccc(C4(C(=O)O)CC4)cc3)cc2)c1NC(=O)NCc1ccccc1F. The van der Waals surface area contributed by atoms with Crippen molar-refractivity contribution in [2.24, 2.45) is 0 Å². The summed E-state index contributed by atoms with van der Waals surface area (Å²) in [5.74, 6) is -0.747. The second kappa shape index (κ2) is 9.30. The molecule has 0 spiro atoms. The molecule has 1 aliphatic rings. The molecule has 1 heterocycles. The van der Waals surface area contributed by atoms with E-state index in [-0.39, 0.29) is 12.4 Å². The van der Waals surface area contributed by atoms with Crippen LogP contribution < -0.4 is 10.6 Å². The maximum atomic E-state index is 13.8. The lowest BCUT2D eigenvalue weighted by molar-refractivity contribution is -0.140. The Morgan fingerprint density at radius 2 is 1.58 bits per heavy atom. The van der Waals surface area contributed by atoms with Gasteiger partial charge < -0.3 is 20.3 Å². The number of aliphatic carboxylic acids is 1. The van der Waals surface area contributed by atoms with Crippen molar-refractivity contribution in [3.8, 4) is 22.5 Å². The zero-order valence-electron chi connectivity index (χ0n) is 19.5. The summed E-state index contributed by atoms with van der Waals surface area (Å²) in [5, 5.41) is 18.9. The Bertz CT molecular complexity index is 1420. The summed E-state index contributed by atoms with van der Waals surface area (Å²) in [7, 11) is 0. The average Bonchev–Trinajstić information content (AvgIpc) is 3.63. The first-order valence-corrected chi connectivity index (χ1v) is 11.6. The van der Waals surface area contributed by atoms with E-state index in [9.17, 15) is 19.1 Å². The molecule has 5 rings (SSSR count). The minimum Gasteiger partial charge on any atom is -0.481 e. The van der Waals surface area contributed by atoms with Crippen molar-refractivity contribution in [1.82, 2.24) is 10.5 Å². The van der Waals surface area contributed by atoms with E-state index in [1.54, 1.807) is 25.1 Å². The molecule has 7 nitrogen and oxygen atoms in total. The van der Waals surface area contributed by atoms with E-state index in [2.05, 4.69) is 15.8 Å². The fraction of sp³-hybridized carbons (Fsp3) is 0.179. The topological polar surface area (TPSA) is 104 Å². The highest BCUT2D eigenvalue weighted by molar-refractivity contribution is 5.94. The van der Waals surface area contributed by atoms with Gasteiger partial charge in [-0.15, -0.1) is 0 Å². The number of hydrogen-bond acceptors (Lipinski definition) is 4. The number of carbonyl (C=O) groups excluding carboxylic acids is 1. The van der Waals surface area contributed by atoms with Crippen LogP contribution in [0.2, 0.25) is 0 Å². The van der Waals surface area contributed by atoms with Crippen molar-refractivity contribution >= 4 is 17.7 Å². The monoisotopic (exact) mass is 485 g/mol. The van der Waals surface area contributed by atoms with E-state index in [0.29, 0.717) is 35.5 Å². The van der Waals surface area contributed by atoms with Gasteiger partial charge in [-0.2, -0.15) is 0 Å². The fourth-order valence-corrected chi connectivity index (χ4v) is 4.24. The molecule has 0 unspecified atom stereocenters. The van der Waals surface area contributed by atoms with Crippen LogP contribution in [0.4, 0.5) is 14.9 Å². The van der Waals surface area contributed by atoms with Gasteiger partial charge in [0.25, 0.3) is 0 Å². The first-order valence-electron chi connectivity index (χ1n) is 11.6. The van der Waals surface area contributed by atoms with E-state index >= 15 is 0 Å². The number of aromatic nitrogens is 1. The Hall–Kier alpha value is -4.46. The van der Waals surface area contributed by atoms with Gasteiger partial charge in [0.2, 0.25) is 0 Å². The number of halogens is 1.